The Hall–Kier alpha value is -0.910. The number of hydrogen-bond acceptors (Lipinski definition) is 4. The Labute approximate surface area is 98.7 Å². The number of aliphatic hydroxyl groups is 1. The number of hydrogen-bond donors (Lipinski definition) is 2. The van der Waals surface area contributed by atoms with Crippen LogP contribution < -0.4 is 5.73 Å². The van der Waals surface area contributed by atoms with Gasteiger partial charge in [-0.1, -0.05) is 6.07 Å². The fourth-order valence-electron chi connectivity index (χ4n) is 2.08. The molecule has 0 aromatic carbocycles. The number of carbonyl (C=O) groups excluding carboxylic acids is 1. The molecular weight excluding hydrogens is 224 g/mol. The van der Waals surface area contributed by atoms with Gasteiger partial charge in [0.15, 0.2) is 0 Å². The highest BCUT2D eigenvalue weighted by Gasteiger charge is 2.31. The first kappa shape index (κ1) is 11.6. The van der Waals surface area contributed by atoms with Crippen molar-refractivity contribution in [3.05, 3.63) is 22.4 Å². The van der Waals surface area contributed by atoms with E-state index in [9.17, 15) is 4.79 Å². The zero-order valence-corrected chi connectivity index (χ0v) is 9.82. The maximum Gasteiger partial charge on any atom is 0.245 e. The third-order valence-electron chi connectivity index (χ3n) is 2.99. The maximum atomic E-state index is 12.1. The van der Waals surface area contributed by atoms with E-state index in [1.54, 1.807) is 4.90 Å². The van der Waals surface area contributed by atoms with E-state index in [4.69, 9.17) is 10.8 Å². The zero-order valence-electron chi connectivity index (χ0n) is 9.00. The molecule has 1 aromatic rings. The molecule has 5 heteroatoms. The molecule has 3 N–H and O–H groups in total. The molecule has 0 radical (unpaired) electrons. The van der Waals surface area contributed by atoms with Crippen molar-refractivity contribution in [3.63, 3.8) is 0 Å². The van der Waals surface area contributed by atoms with Crippen LogP contribution in [-0.4, -0.2) is 35.1 Å². The fourth-order valence-corrected chi connectivity index (χ4v) is 2.80. The summed E-state index contributed by atoms with van der Waals surface area (Å²) in [6, 6.07) is 3.14. The Morgan fingerprint density at radius 1 is 1.75 bits per heavy atom. The monoisotopic (exact) mass is 240 g/mol. The minimum absolute atomic E-state index is 0.0307. The van der Waals surface area contributed by atoms with Gasteiger partial charge in [-0.15, -0.1) is 11.3 Å². The molecule has 2 atom stereocenters. The summed E-state index contributed by atoms with van der Waals surface area (Å²) in [6.07, 6.45) is 1.83. The molecule has 1 aliphatic rings. The highest BCUT2D eigenvalue weighted by Crippen LogP contribution is 2.24. The van der Waals surface area contributed by atoms with Crippen LogP contribution in [-0.2, 0) is 4.79 Å². The molecule has 1 saturated heterocycles. The number of rotatable bonds is 3. The van der Waals surface area contributed by atoms with Gasteiger partial charge in [-0.05, 0) is 24.3 Å². The topological polar surface area (TPSA) is 66.6 Å². The van der Waals surface area contributed by atoms with Gasteiger partial charge >= 0.3 is 0 Å². The molecule has 0 bridgehead atoms. The summed E-state index contributed by atoms with van der Waals surface area (Å²) in [4.78, 5) is 14.7. The molecule has 16 heavy (non-hydrogen) atoms. The maximum absolute atomic E-state index is 12.1. The molecule has 2 rings (SSSR count). The fraction of sp³-hybridized carbons (Fsp3) is 0.545. The molecule has 1 amide bonds. The molecular formula is C11H16N2O2S. The van der Waals surface area contributed by atoms with Crippen molar-refractivity contribution in [2.45, 2.75) is 24.9 Å². The molecule has 88 valence electrons. The lowest BCUT2D eigenvalue weighted by Crippen LogP contribution is -2.42. The molecule has 4 nitrogen and oxygen atoms in total. The molecule has 1 fully saturated rings. The van der Waals surface area contributed by atoms with E-state index >= 15 is 0 Å². The Bertz CT molecular complexity index is 353. The van der Waals surface area contributed by atoms with Crippen LogP contribution in [0, 0.1) is 0 Å². The summed E-state index contributed by atoms with van der Waals surface area (Å²) in [5.41, 5.74) is 5.92. The lowest BCUT2D eigenvalue weighted by molar-refractivity contribution is -0.134. The highest BCUT2D eigenvalue weighted by atomic mass is 32.1. The average molecular weight is 240 g/mol. The minimum Gasteiger partial charge on any atom is -0.394 e. The van der Waals surface area contributed by atoms with Gasteiger partial charge < -0.3 is 15.7 Å². The number of likely N-dealkylation sites (tertiary alicyclic amines) is 1. The summed E-state index contributed by atoms with van der Waals surface area (Å²) in [5, 5.41) is 11.1. The number of carbonyl (C=O) groups is 1. The lowest BCUT2D eigenvalue weighted by atomic mass is 10.2. The molecule has 0 spiro atoms. The quantitative estimate of drug-likeness (QED) is 0.818. The molecule has 2 heterocycles. The number of nitrogens with zero attached hydrogens (tertiary/aromatic N) is 1. The Balaban J connectivity index is 2.07. The van der Waals surface area contributed by atoms with Gasteiger partial charge in [-0.2, -0.15) is 0 Å². The van der Waals surface area contributed by atoms with Gasteiger partial charge in [0.1, 0.15) is 6.04 Å². The van der Waals surface area contributed by atoms with E-state index in [-0.39, 0.29) is 18.6 Å². The van der Waals surface area contributed by atoms with Crippen molar-refractivity contribution in [1.29, 1.82) is 0 Å². The number of nitrogens with two attached hydrogens (primary N) is 1. The molecule has 1 aromatic heterocycles. The normalized spacial score (nSPS) is 22.4. The van der Waals surface area contributed by atoms with Crippen LogP contribution in [0.25, 0.3) is 0 Å². The van der Waals surface area contributed by atoms with E-state index in [1.807, 2.05) is 17.5 Å². The summed E-state index contributed by atoms with van der Waals surface area (Å²) < 4.78 is 0. The number of amides is 1. The Morgan fingerprint density at radius 2 is 2.56 bits per heavy atom. The number of thiophene rings is 1. The summed E-state index contributed by atoms with van der Waals surface area (Å²) >= 11 is 1.49. The van der Waals surface area contributed by atoms with E-state index in [0.29, 0.717) is 6.54 Å². The van der Waals surface area contributed by atoms with E-state index in [0.717, 1.165) is 17.7 Å². The molecule has 1 aliphatic heterocycles. The number of aliphatic hydroxyl groups excluding tert-OH is 1. The van der Waals surface area contributed by atoms with Gasteiger partial charge in [0.2, 0.25) is 5.91 Å². The van der Waals surface area contributed by atoms with Crippen molar-refractivity contribution in [2.24, 2.45) is 5.73 Å². The second kappa shape index (κ2) is 4.95. The van der Waals surface area contributed by atoms with Crippen LogP contribution in [0.3, 0.4) is 0 Å². The first-order chi connectivity index (χ1) is 7.74. The Kier molecular flexibility index (Phi) is 3.58. The Morgan fingerprint density at radius 3 is 3.19 bits per heavy atom. The van der Waals surface area contributed by atoms with Gasteiger partial charge in [-0.25, -0.2) is 0 Å². The van der Waals surface area contributed by atoms with E-state index < -0.39 is 6.04 Å². The van der Waals surface area contributed by atoms with Gasteiger partial charge in [0, 0.05) is 11.4 Å². The zero-order chi connectivity index (χ0) is 11.5. The van der Waals surface area contributed by atoms with Crippen LogP contribution in [0.2, 0.25) is 0 Å². The van der Waals surface area contributed by atoms with Gasteiger partial charge in [-0.3, -0.25) is 4.79 Å². The first-order valence-electron chi connectivity index (χ1n) is 5.44. The smallest absolute Gasteiger partial charge is 0.245 e. The third-order valence-corrected chi connectivity index (χ3v) is 3.94. The average Bonchev–Trinajstić information content (AvgIpc) is 2.97. The van der Waals surface area contributed by atoms with Crippen LogP contribution >= 0.6 is 11.3 Å². The van der Waals surface area contributed by atoms with Crippen molar-refractivity contribution in [1.82, 2.24) is 4.90 Å². The second-order valence-electron chi connectivity index (χ2n) is 4.00. The van der Waals surface area contributed by atoms with Crippen LogP contribution in [0.15, 0.2) is 17.5 Å². The second-order valence-corrected chi connectivity index (χ2v) is 4.98. The summed E-state index contributed by atoms with van der Waals surface area (Å²) in [5.74, 6) is -0.0704. The van der Waals surface area contributed by atoms with Crippen LogP contribution in [0.4, 0.5) is 0 Å². The predicted molar refractivity (Wildman–Crippen MR) is 63.1 cm³/mol. The summed E-state index contributed by atoms with van der Waals surface area (Å²) in [7, 11) is 0. The van der Waals surface area contributed by atoms with Gasteiger partial charge in [0.25, 0.3) is 0 Å². The van der Waals surface area contributed by atoms with Crippen LogP contribution in [0.1, 0.15) is 23.8 Å². The minimum atomic E-state index is -0.577. The van der Waals surface area contributed by atoms with E-state index in [1.165, 1.54) is 11.3 Å². The SMILES string of the molecule is NC(C(=O)N1CCC[C@@H]1CO)c1cccs1. The molecule has 0 saturated carbocycles. The van der Waals surface area contributed by atoms with Crippen molar-refractivity contribution < 1.29 is 9.90 Å². The lowest BCUT2D eigenvalue weighted by Gasteiger charge is -2.25. The first-order valence-corrected chi connectivity index (χ1v) is 6.32. The standard InChI is InChI=1S/C11H16N2O2S/c12-10(9-4-2-6-16-9)11(15)13-5-1-3-8(13)7-14/h2,4,6,8,10,14H,1,3,5,7,12H2/t8-,10?/m1/s1. The highest BCUT2D eigenvalue weighted by molar-refractivity contribution is 7.10. The summed E-state index contributed by atoms with van der Waals surface area (Å²) in [6.45, 7) is 0.742. The van der Waals surface area contributed by atoms with Crippen molar-refractivity contribution in [3.8, 4) is 0 Å². The van der Waals surface area contributed by atoms with Crippen molar-refractivity contribution in [2.75, 3.05) is 13.2 Å². The van der Waals surface area contributed by atoms with Crippen LogP contribution in [0.5, 0.6) is 0 Å². The van der Waals surface area contributed by atoms with E-state index in [2.05, 4.69) is 0 Å². The molecule has 0 aliphatic carbocycles. The molecule has 1 unspecified atom stereocenters. The van der Waals surface area contributed by atoms with Crippen molar-refractivity contribution >= 4 is 17.2 Å². The predicted octanol–water partition coefficient (Wildman–Crippen LogP) is 0.731. The van der Waals surface area contributed by atoms with Gasteiger partial charge in [0.05, 0.1) is 12.6 Å². The largest absolute Gasteiger partial charge is 0.394 e. The third kappa shape index (κ3) is 2.11.